The van der Waals surface area contributed by atoms with Gasteiger partial charge in [-0.3, -0.25) is 9.59 Å². The third kappa shape index (κ3) is 3.91. The number of halogens is 1. The fraction of sp³-hybridized carbons (Fsp3) is 0.227. The fourth-order valence-electron chi connectivity index (χ4n) is 3.41. The predicted molar refractivity (Wildman–Crippen MR) is 110 cm³/mol. The van der Waals surface area contributed by atoms with Crippen LogP contribution < -0.4 is 9.64 Å². The lowest BCUT2D eigenvalue weighted by molar-refractivity contribution is -0.120. The molecule has 2 heterocycles. The summed E-state index contributed by atoms with van der Waals surface area (Å²) in [5.41, 5.74) is 3.95. The maximum atomic E-state index is 13.9. The Hall–Kier alpha value is -3.06. The first-order valence-electron chi connectivity index (χ1n) is 9.21. The van der Waals surface area contributed by atoms with Crippen molar-refractivity contribution in [1.82, 2.24) is 4.98 Å². The molecule has 148 valence electrons. The molecule has 0 N–H and O–H groups in total. The Kier molecular flexibility index (Phi) is 5.15. The van der Waals surface area contributed by atoms with E-state index >= 15 is 0 Å². The molecule has 4 rings (SSSR count). The molecule has 0 unspecified atom stereocenters. The van der Waals surface area contributed by atoms with Gasteiger partial charge in [-0.25, -0.2) is 9.37 Å². The van der Waals surface area contributed by atoms with Gasteiger partial charge < -0.3 is 9.64 Å². The Morgan fingerprint density at radius 3 is 2.76 bits per heavy atom. The highest BCUT2D eigenvalue weighted by Crippen LogP contribution is 2.33. The summed E-state index contributed by atoms with van der Waals surface area (Å²) in [7, 11) is 0. The van der Waals surface area contributed by atoms with Crippen LogP contribution in [-0.2, 0) is 11.2 Å². The van der Waals surface area contributed by atoms with Crippen LogP contribution in [-0.4, -0.2) is 29.8 Å². The van der Waals surface area contributed by atoms with E-state index in [1.165, 1.54) is 19.1 Å². The maximum Gasteiger partial charge on any atom is 0.264 e. The molecule has 0 aliphatic carbocycles. The van der Waals surface area contributed by atoms with Gasteiger partial charge in [0, 0.05) is 29.2 Å². The number of amides is 1. The van der Waals surface area contributed by atoms with E-state index in [9.17, 15) is 14.0 Å². The predicted octanol–water partition coefficient (Wildman–Crippen LogP) is 4.43. The van der Waals surface area contributed by atoms with Crippen LogP contribution in [0.5, 0.6) is 5.75 Å². The van der Waals surface area contributed by atoms with E-state index in [2.05, 4.69) is 11.1 Å². The highest BCUT2D eigenvalue weighted by molar-refractivity contribution is 7.09. The third-order valence-corrected chi connectivity index (χ3v) is 5.65. The highest BCUT2D eigenvalue weighted by atomic mass is 32.1. The van der Waals surface area contributed by atoms with Gasteiger partial charge in [0.1, 0.15) is 11.6 Å². The molecule has 2 aromatic carbocycles. The van der Waals surface area contributed by atoms with Crippen molar-refractivity contribution >= 4 is 28.7 Å². The van der Waals surface area contributed by atoms with Crippen molar-refractivity contribution in [3.8, 4) is 17.0 Å². The van der Waals surface area contributed by atoms with Gasteiger partial charge in [-0.2, -0.15) is 0 Å². The first kappa shape index (κ1) is 19.3. The quantitative estimate of drug-likeness (QED) is 0.584. The molecule has 29 heavy (non-hydrogen) atoms. The molecular weight excluding hydrogens is 391 g/mol. The average molecular weight is 410 g/mol. The molecule has 1 aliphatic heterocycles. The summed E-state index contributed by atoms with van der Waals surface area (Å²) in [6.07, 6.45) is 0.764. The van der Waals surface area contributed by atoms with Crippen LogP contribution in [0.4, 0.5) is 10.1 Å². The number of carbonyl (C=O) groups excluding carboxylic acids is 2. The van der Waals surface area contributed by atoms with Crippen LogP contribution in [0.1, 0.15) is 27.9 Å². The smallest absolute Gasteiger partial charge is 0.264 e. The zero-order chi connectivity index (χ0) is 20.5. The van der Waals surface area contributed by atoms with Gasteiger partial charge in [-0.15, -0.1) is 11.3 Å². The average Bonchev–Trinajstić information content (AvgIpc) is 3.31. The minimum atomic E-state index is -0.654. The number of aromatic nitrogens is 1. The summed E-state index contributed by atoms with van der Waals surface area (Å²) in [4.78, 5) is 30.1. The van der Waals surface area contributed by atoms with E-state index in [-0.39, 0.29) is 29.6 Å². The molecule has 0 saturated heterocycles. The molecule has 0 bridgehead atoms. The number of benzene rings is 2. The Balaban J connectivity index is 1.45. The number of ether oxygens (including phenoxy) is 1. The van der Waals surface area contributed by atoms with Crippen molar-refractivity contribution in [3.63, 3.8) is 0 Å². The molecule has 1 aliphatic rings. The van der Waals surface area contributed by atoms with Crippen LogP contribution in [0, 0.1) is 12.7 Å². The summed E-state index contributed by atoms with van der Waals surface area (Å²) in [5, 5.41) is 3.04. The van der Waals surface area contributed by atoms with E-state index in [0.717, 1.165) is 40.0 Å². The van der Waals surface area contributed by atoms with Crippen molar-refractivity contribution < 1.29 is 18.7 Å². The Labute approximate surface area is 171 Å². The van der Waals surface area contributed by atoms with Crippen molar-refractivity contribution in [1.29, 1.82) is 0 Å². The van der Waals surface area contributed by atoms with Gasteiger partial charge in [0.2, 0.25) is 0 Å². The van der Waals surface area contributed by atoms with Gasteiger partial charge in [0.25, 0.3) is 5.91 Å². The van der Waals surface area contributed by atoms with Crippen LogP contribution in [0.2, 0.25) is 0 Å². The summed E-state index contributed by atoms with van der Waals surface area (Å²) >= 11 is 1.61. The maximum absolute atomic E-state index is 13.9. The van der Waals surface area contributed by atoms with Crippen LogP contribution in [0.3, 0.4) is 0 Å². The van der Waals surface area contributed by atoms with E-state index in [4.69, 9.17) is 4.74 Å². The molecule has 5 nitrogen and oxygen atoms in total. The lowest BCUT2D eigenvalue weighted by Gasteiger charge is -2.18. The third-order valence-electron chi connectivity index (χ3n) is 4.87. The second-order valence-corrected chi connectivity index (χ2v) is 7.94. The molecule has 1 amide bonds. The normalized spacial score (nSPS) is 12.7. The van der Waals surface area contributed by atoms with E-state index in [1.54, 1.807) is 16.2 Å². The molecule has 0 atom stereocenters. The van der Waals surface area contributed by atoms with Gasteiger partial charge >= 0.3 is 0 Å². The number of anilines is 1. The lowest BCUT2D eigenvalue weighted by Crippen LogP contribution is -2.33. The van der Waals surface area contributed by atoms with E-state index in [0.29, 0.717) is 6.54 Å². The second kappa shape index (κ2) is 7.75. The summed E-state index contributed by atoms with van der Waals surface area (Å²) in [5.74, 6) is -0.990. The van der Waals surface area contributed by atoms with Crippen LogP contribution in [0.15, 0.2) is 41.8 Å². The summed E-state index contributed by atoms with van der Waals surface area (Å²) < 4.78 is 19.4. The number of hydrogen-bond donors (Lipinski definition) is 0. The highest BCUT2D eigenvalue weighted by Gasteiger charge is 2.25. The summed E-state index contributed by atoms with van der Waals surface area (Å²) in [6.45, 7) is 3.65. The van der Waals surface area contributed by atoms with Crippen molar-refractivity contribution in [2.45, 2.75) is 20.3 Å². The Morgan fingerprint density at radius 2 is 2.07 bits per heavy atom. The van der Waals surface area contributed by atoms with Crippen molar-refractivity contribution in [2.75, 3.05) is 18.1 Å². The van der Waals surface area contributed by atoms with Gasteiger partial charge in [-0.1, -0.05) is 6.07 Å². The largest absolute Gasteiger partial charge is 0.484 e. The van der Waals surface area contributed by atoms with Crippen molar-refractivity contribution in [3.05, 3.63) is 63.7 Å². The molecular formula is C22H19FN2O3S. The van der Waals surface area contributed by atoms with Gasteiger partial charge in [-0.05, 0) is 50.1 Å². The number of fused-ring (bicyclic) bond motifs is 1. The fourth-order valence-corrected chi connectivity index (χ4v) is 4.03. The number of carbonyl (C=O) groups is 2. The number of ketones is 1. The summed E-state index contributed by atoms with van der Waals surface area (Å²) in [6, 6.07) is 9.97. The molecule has 0 radical (unpaired) electrons. The first-order chi connectivity index (χ1) is 13.9. The van der Waals surface area contributed by atoms with Crippen molar-refractivity contribution in [2.24, 2.45) is 0 Å². The standard InChI is InChI=1S/C22H19FN2O3S/c1-13(26)18-5-4-17(10-19(18)23)28-11-22(27)25-8-7-16-9-15(3-6-21(16)25)20-12-29-14(2)24-20/h3-6,9-10,12H,7-8,11H2,1-2H3. The van der Waals surface area contributed by atoms with Crippen LogP contribution in [0.25, 0.3) is 11.3 Å². The Bertz CT molecular complexity index is 1110. The molecule has 0 spiro atoms. The monoisotopic (exact) mass is 410 g/mol. The minimum Gasteiger partial charge on any atom is -0.484 e. The lowest BCUT2D eigenvalue weighted by atomic mass is 10.1. The van der Waals surface area contributed by atoms with Gasteiger partial charge in [0.15, 0.2) is 12.4 Å². The van der Waals surface area contributed by atoms with Crippen LogP contribution >= 0.6 is 11.3 Å². The molecule has 0 saturated carbocycles. The number of hydrogen-bond acceptors (Lipinski definition) is 5. The zero-order valence-corrected chi connectivity index (χ0v) is 16.9. The number of aryl methyl sites for hydroxylation is 1. The number of rotatable bonds is 5. The molecule has 7 heteroatoms. The molecule has 1 aromatic heterocycles. The van der Waals surface area contributed by atoms with E-state index < -0.39 is 5.82 Å². The SMILES string of the molecule is CC(=O)c1ccc(OCC(=O)N2CCc3cc(-c4csc(C)n4)ccc32)cc1F. The second-order valence-electron chi connectivity index (χ2n) is 6.88. The molecule has 3 aromatic rings. The zero-order valence-electron chi connectivity index (χ0n) is 16.1. The number of thiazole rings is 1. The topological polar surface area (TPSA) is 59.5 Å². The van der Waals surface area contributed by atoms with E-state index in [1.807, 2.05) is 24.4 Å². The Morgan fingerprint density at radius 1 is 1.24 bits per heavy atom. The molecule has 0 fully saturated rings. The number of Topliss-reactive ketones (excluding diaryl/α,β-unsaturated/α-hetero) is 1. The van der Waals surface area contributed by atoms with Gasteiger partial charge in [0.05, 0.1) is 16.3 Å². The first-order valence-corrected chi connectivity index (χ1v) is 10.1. The minimum absolute atomic E-state index is 0.00302. The number of nitrogens with zero attached hydrogens (tertiary/aromatic N) is 2.